The average Bonchev–Trinajstić information content (AvgIpc) is 2.25. The first kappa shape index (κ1) is 2.51. The van der Waals surface area contributed by atoms with Gasteiger partial charge in [-0.1, -0.05) is 11.3 Å². The average molecular weight is 214 g/mol. The standard InChI is InChI=1S/C5H6BrNOS/c1-3-4(6)9-5(7-3)8-2/h1-2H3/i1D3,2D3. The van der Waals surface area contributed by atoms with Gasteiger partial charge < -0.3 is 4.74 Å². The lowest BCUT2D eigenvalue weighted by atomic mass is 10.6. The van der Waals surface area contributed by atoms with Crippen molar-refractivity contribution >= 4 is 27.3 Å². The highest BCUT2D eigenvalue weighted by Gasteiger charge is 2.02. The first-order chi connectivity index (χ1) is 6.59. The number of thiazole rings is 1. The highest BCUT2D eigenvalue weighted by molar-refractivity contribution is 9.11. The molecule has 0 aliphatic carbocycles. The Hall–Kier alpha value is -0.0900. The van der Waals surface area contributed by atoms with E-state index in [2.05, 4.69) is 25.7 Å². The van der Waals surface area contributed by atoms with Crippen LogP contribution in [0.3, 0.4) is 0 Å². The maximum absolute atomic E-state index is 7.11. The zero-order valence-electron chi connectivity index (χ0n) is 10.1. The van der Waals surface area contributed by atoms with Crippen LogP contribution in [0.4, 0.5) is 0 Å². The minimum Gasteiger partial charge on any atom is -0.473 e. The zero-order chi connectivity index (χ0) is 11.9. The van der Waals surface area contributed by atoms with Gasteiger partial charge >= 0.3 is 0 Å². The molecular weight excluding hydrogens is 202 g/mol. The van der Waals surface area contributed by atoms with Gasteiger partial charge in [0.15, 0.2) is 0 Å². The zero-order valence-corrected chi connectivity index (χ0v) is 6.54. The Morgan fingerprint density at radius 3 is 3.33 bits per heavy atom. The monoisotopic (exact) mass is 213 g/mol. The lowest BCUT2D eigenvalue weighted by Crippen LogP contribution is -1.79. The van der Waals surface area contributed by atoms with E-state index in [4.69, 9.17) is 8.22 Å². The largest absolute Gasteiger partial charge is 0.473 e. The molecule has 0 aromatic carbocycles. The second-order valence-corrected chi connectivity index (χ2v) is 3.48. The second kappa shape index (κ2) is 2.66. The van der Waals surface area contributed by atoms with Gasteiger partial charge in [0.25, 0.3) is 5.19 Å². The Balaban J connectivity index is 2.97. The lowest BCUT2D eigenvalue weighted by Gasteiger charge is -1.85. The molecule has 0 amide bonds. The fraction of sp³-hybridized carbons (Fsp3) is 0.400. The van der Waals surface area contributed by atoms with Crippen molar-refractivity contribution in [2.45, 2.75) is 6.85 Å². The summed E-state index contributed by atoms with van der Waals surface area (Å²) in [7, 11) is -2.62. The molecule has 0 spiro atoms. The number of methoxy groups -OCH3 is 1. The molecule has 0 aliphatic rings. The van der Waals surface area contributed by atoms with Crippen molar-refractivity contribution in [1.29, 1.82) is 0 Å². The molecule has 0 atom stereocenters. The summed E-state index contributed by atoms with van der Waals surface area (Å²) in [6.07, 6.45) is 0. The van der Waals surface area contributed by atoms with Crippen molar-refractivity contribution in [3.63, 3.8) is 0 Å². The van der Waals surface area contributed by atoms with E-state index in [9.17, 15) is 0 Å². The Labute approximate surface area is 74.4 Å². The van der Waals surface area contributed by atoms with E-state index < -0.39 is 13.9 Å². The third-order valence-electron chi connectivity index (χ3n) is 0.653. The summed E-state index contributed by atoms with van der Waals surface area (Å²) in [6, 6.07) is 0. The van der Waals surface area contributed by atoms with E-state index in [1.165, 1.54) is 0 Å². The summed E-state index contributed by atoms with van der Waals surface area (Å²) in [5.74, 6) is 0. The molecule has 0 aliphatic heterocycles. The number of nitrogens with zero attached hydrogens (tertiary/aromatic N) is 1. The number of aryl methyl sites for hydroxylation is 1. The summed E-state index contributed by atoms with van der Waals surface area (Å²) in [5, 5.41) is -0.187. The summed E-state index contributed by atoms with van der Waals surface area (Å²) in [5.41, 5.74) is -0.188. The van der Waals surface area contributed by atoms with E-state index in [0.717, 1.165) is 11.3 Å². The number of hydrogen-bond donors (Lipinski definition) is 0. The molecule has 0 saturated heterocycles. The van der Waals surface area contributed by atoms with Crippen molar-refractivity contribution in [2.75, 3.05) is 7.04 Å². The molecule has 2 nitrogen and oxygen atoms in total. The molecule has 0 saturated carbocycles. The number of hydrogen-bond acceptors (Lipinski definition) is 3. The van der Waals surface area contributed by atoms with E-state index in [0.29, 0.717) is 0 Å². The Morgan fingerprint density at radius 2 is 2.78 bits per heavy atom. The first-order valence-electron chi connectivity index (χ1n) is 4.95. The maximum atomic E-state index is 7.11. The van der Waals surface area contributed by atoms with Gasteiger partial charge in [0.1, 0.15) is 0 Å². The summed E-state index contributed by atoms with van der Waals surface area (Å²) in [6.45, 7) is -2.38. The van der Waals surface area contributed by atoms with Crippen molar-refractivity contribution in [3.05, 3.63) is 9.48 Å². The normalized spacial score (nSPS) is 22.3. The molecule has 4 heteroatoms. The SMILES string of the molecule is [2H]C([2H])([2H])Oc1nc(C([2H])([2H])[2H])c(Br)s1. The van der Waals surface area contributed by atoms with Crippen LogP contribution in [0.25, 0.3) is 0 Å². The predicted octanol–water partition coefficient (Wildman–Crippen LogP) is 2.22. The number of rotatable bonds is 1. The number of halogens is 1. The van der Waals surface area contributed by atoms with Crippen molar-refractivity contribution in [3.8, 4) is 5.19 Å². The van der Waals surface area contributed by atoms with Gasteiger partial charge in [0, 0.05) is 4.11 Å². The lowest BCUT2D eigenvalue weighted by molar-refractivity contribution is 0.411. The minimum absolute atomic E-state index is 0.187. The Kier molecular flexibility index (Phi) is 0.742. The van der Waals surface area contributed by atoms with Crippen LogP contribution in [0.5, 0.6) is 5.19 Å². The molecule has 1 aromatic rings. The van der Waals surface area contributed by atoms with Crippen molar-refractivity contribution < 1.29 is 13.0 Å². The van der Waals surface area contributed by atoms with E-state index >= 15 is 0 Å². The third-order valence-corrected chi connectivity index (χ3v) is 2.24. The summed E-state index contributed by atoms with van der Waals surface area (Å²) < 4.78 is 46.5. The molecule has 0 radical (unpaired) electrons. The van der Waals surface area contributed by atoms with Crippen LogP contribution >= 0.6 is 27.3 Å². The third kappa shape index (κ3) is 1.43. The topological polar surface area (TPSA) is 22.1 Å². The minimum atomic E-state index is -2.62. The van der Waals surface area contributed by atoms with E-state index in [1.807, 2.05) is 0 Å². The summed E-state index contributed by atoms with van der Waals surface area (Å²) in [4.78, 5) is 3.59. The van der Waals surface area contributed by atoms with Crippen LogP contribution in [0.1, 0.15) is 13.9 Å². The van der Waals surface area contributed by atoms with Crippen LogP contribution in [0.15, 0.2) is 3.79 Å². The van der Waals surface area contributed by atoms with Crippen LogP contribution in [0.2, 0.25) is 0 Å². The molecule has 9 heavy (non-hydrogen) atoms. The van der Waals surface area contributed by atoms with E-state index in [-0.39, 0.29) is 14.7 Å². The predicted molar refractivity (Wildman–Crippen MR) is 41.1 cm³/mol. The molecule has 50 valence electrons. The van der Waals surface area contributed by atoms with Gasteiger partial charge in [-0.2, -0.15) is 0 Å². The smallest absolute Gasteiger partial charge is 0.274 e. The molecule has 0 N–H and O–H groups in total. The van der Waals surface area contributed by atoms with Crippen LogP contribution in [-0.2, 0) is 0 Å². The second-order valence-electron chi connectivity index (χ2n) is 1.20. The quantitative estimate of drug-likeness (QED) is 0.715. The molecule has 0 unspecified atom stereocenters. The van der Waals surface area contributed by atoms with Crippen LogP contribution in [-0.4, -0.2) is 12.0 Å². The van der Waals surface area contributed by atoms with Gasteiger partial charge in [0.05, 0.1) is 20.6 Å². The maximum Gasteiger partial charge on any atom is 0.274 e. The van der Waals surface area contributed by atoms with Gasteiger partial charge in [-0.05, 0) is 22.8 Å². The Morgan fingerprint density at radius 1 is 1.89 bits per heavy atom. The van der Waals surface area contributed by atoms with Gasteiger partial charge in [-0.3, -0.25) is 0 Å². The Bertz CT molecular complexity index is 357. The van der Waals surface area contributed by atoms with Gasteiger partial charge in [-0.25, -0.2) is 4.98 Å². The molecule has 0 fully saturated rings. The molecule has 1 heterocycles. The summed E-state index contributed by atoms with van der Waals surface area (Å²) >= 11 is 3.82. The van der Waals surface area contributed by atoms with Gasteiger partial charge in [0.2, 0.25) is 0 Å². The number of ether oxygens (including phenoxy) is 1. The van der Waals surface area contributed by atoms with Crippen LogP contribution in [0, 0.1) is 6.85 Å². The molecule has 0 bridgehead atoms. The number of aromatic nitrogens is 1. The van der Waals surface area contributed by atoms with Crippen LogP contribution < -0.4 is 4.74 Å². The first-order valence-corrected chi connectivity index (χ1v) is 3.56. The fourth-order valence-electron chi connectivity index (χ4n) is 0.327. The highest BCUT2D eigenvalue weighted by atomic mass is 79.9. The fourth-order valence-corrected chi connectivity index (χ4v) is 1.31. The van der Waals surface area contributed by atoms with Crippen molar-refractivity contribution in [2.24, 2.45) is 0 Å². The molecular formula is C5H6BrNOS. The molecule has 1 aromatic heterocycles. The van der Waals surface area contributed by atoms with E-state index in [1.54, 1.807) is 0 Å². The highest BCUT2D eigenvalue weighted by Crippen LogP contribution is 2.28. The van der Waals surface area contributed by atoms with Gasteiger partial charge in [-0.15, -0.1) is 0 Å². The van der Waals surface area contributed by atoms with Crippen molar-refractivity contribution in [1.82, 2.24) is 4.98 Å². The molecule has 1 rings (SSSR count).